The Kier molecular flexibility index (Phi) is 5.15. The molecule has 0 fully saturated rings. The van der Waals surface area contributed by atoms with Crippen LogP contribution in [0.4, 0.5) is 11.4 Å². The number of nitrogens with one attached hydrogen (secondary N) is 2. The maximum Gasteiger partial charge on any atom is 0.234 e. The van der Waals surface area contributed by atoms with Gasteiger partial charge in [-0.3, -0.25) is 19.2 Å². The molecule has 2 N–H and O–H groups in total. The molecule has 0 radical (unpaired) electrons. The van der Waals surface area contributed by atoms with Crippen molar-refractivity contribution < 1.29 is 19.2 Å². The molecule has 6 nitrogen and oxygen atoms in total. The van der Waals surface area contributed by atoms with Crippen LogP contribution in [-0.4, -0.2) is 34.9 Å². The predicted octanol–water partition coefficient (Wildman–Crippen LogP) is 2.20. The van der Waals surface area contributed by atoms with Gasteiger partial charge in [0.1, 0.15) is 0 Å². The third-order valence-electron chi connectivity index (χ3n) is 3.91. The molecule has 2 amide bonds. The number of carbonyl (C=O) groups is 4. The summed E-state index contributed by atoms with van der Waals surface area (Å²) >= 11 is 7.80. The van der Waals surface area contributed by atoms with Crippen LogP contribution in [0, 0.1) is 0 Å². The maximum atomic E-state index is 13.0. The van der Waals surface area contributed by atoms with E-state index in [1.54, 1.807) is 24.3 Å². The summed E-state index contributed by atoms with van der Waals surface area (Å²) in [5, 5.41) is 5.18. The fourth-order valence-corrected chi connectivity index (χ4v) is 2.99. The largest absolute Gasteiger partial charge is 0.325 e. The molecular formula is C18H14N2O4S2. The number of carbonyl (C=O) groups excluding carboxylic acids is 4. The Morgan fingerprint density at radius 3 is 1.46 bits per heavy atom. The average molecular weight is 386 g/mol. The lowest BCUT2D eigenvalue weighted by molar-refractivity contribution is -0.114. The minimum Gasteiger partial charge on any atom is -0.325 e. The van der Waals surface area contributed by atoms with E-state index in [4.69, 9.17) is 0 Å². The number of anilines is 2. The van der Waals surface area contributed by atoms with E-state index in [0.717, 1.165) is 0 Å². The van der Waals surface area contributed by atoms with E-state index in [-0.39, 0.29) is 56.9 Å². The monoisotopic (exact) mass is 386 g/mol. The lowest BCUT2D eigenvalue weighted by atomic mass is 9.82. The molecule has 132 valence electrons. The zero-order valence-electron chi connectivity index (χ0n) is 13.4. The zero-order valence-corrected chi connectivity index (χ0v) is 15.2. The molecular weight excluding hydrogens is 372 g/mol. The highest BCUT2D eigenvalue weighted by Gasteiger charge is 2.34. The van der Waals surface area contributed by atoms with Crippen molar-refractivity contribution in [3.63, 3.8) is 0 Å². The molecule has 0 aliphatic heterocycles. The van der Waals surface area contributed by atoms with Crippen molar-refractivity contribution in [1.82, 2.24) is 0 Å². The van der Waals surface area contributed by atoms with Crippen molar-refractivity contribution in [2.24, 2.45) is 0 Å². The Labute approximate surface area is 160 Å². The van der Waals surface area contributed by atoms with Crippen LogP contribution in [0.2, 0.25) is 0 Å². The topological polar surface area (TPSA) is 92.3 Å². The van der Waals surface area contributed by atoms with Gasteiger partial charge in [0, 0.05) is 11.1 Å². The molecule has 2 aromatic carbocycles. The van der Waals surface area contributed by atoms with Crippen molar-refractivity contribution in [2.45, 2.75) is 0 Å². The van der Waals surface area contributed by atoms with Crippen molar-refractivity contribution >= 4 is 60.0 Å². The van der Waals surface area contributed by atoms with Crippen molar-refractivity contribution in [3.05, 3.63) is 58.7 Å². The average Bonchev–Trinajstić information content (AvgIpc) is 2.65. The van der Waals surface area contributed by atoms with Gasteiger partial charge in [-0.1, -0.05) is 24.3 Å². The van der Waals surface area contributed by atoms with Crippen LogP contribution in [0.15, 0.2) is 36.4 Å². The SMILES string of the molecule is O=C(CS)Nc1cccc2c1C(=O)c1cccc(NC(=O)CS)c1C2=O. The summed E-state index contributed by atoms with van der Waals surface area (Å²) in [5.41, 5.74) is 1.14. The summed E-state index contributed by atoms with van der Waals surface area (Å²) in [5.74, 6) is -1.67. The Bertz CT molecular complexity index is 879. The first-order valence-corrected chi connectivity index (χ1v) is 8.91. The van der Waals surface area contributed by atoms with E-state index in [1.165, 1.54) is 12.1 Å². The molecule has 3 rings (SSSR count). The van der Waals surface area contributed by atoms with Crippen molar-refractivity contribution in [3.8, 4) is 0 Å². The minimum atomic E-state index is -0.397. The summed E-state index contributed by atoms with van der Waals surface area (Å²) in [6, 6.07) is 9.32. The van der Waals surface area contributed by atoms with Gasteiger partial charge >= 0.3 is 0 Å². The first-order valence-electron chi connectivity index (χ1n) is 7.64. The second-order valence-electron chi connectivity index (χ2n) is 5.53. The number of ketones is 2. The molecule has 0 unspecified atom stereocenters. The fraction of sp³-hybridized carbons (Fsp3) is 0.111. The zero-order chi connectivity index (χ0) is 18.8. The van der Waals surface area contributed by atoms with Gasteiger partial charge < -0.3 is 10.6 Å². The number of fused-ring (bicyclic) bond motifs is 2. The molecule has 0 spiro atoms. The van der Waals surface area contributed by atoms with Crippen LogP contribution in [0.5, 0.6) is 0 Å². The second-order valence-corrected chi connectivity index (χ2v) is 6.16. The van der Waals surface area contributed by atoms with Gasteiger partial charge in [-0.05, 0) is 12.1 Å². The Morgan fingerprint density at radius 2 is 1.12 bits per heavy atom. The summed E-state index contributed by atoms with van der Waals surface area (Å²) in [4.78, 5) is 49.3. The van der Waals surface area contributed by atoms with Gasteiger partial charge in [-0.15, -0.1) is 0 Å². The van der Waals surface area contributed by atoms with Crippen LogP contribution in [0.3, 0.4) is 0 Å². The van der Waals surface area contributed by atoms with Crippen LogP contribution >= 0.6 is 25.3 Å². The van der Waals surface area contributed by atoms with Crippen LogP contribution in [-0.2, 0) is 9.59 Å². The lowest BCUT2D eigenvalue weighted by Gasteiger charge is -2.22. The highest BCUT2D eigenvalue weighted by Crippen LogP contribution is 2.35. The standard InChI is InChI=1S/C18H14N2O4S2/c21-13(7-25)19-11-5-1-3-9-15(11)18(24)10-4-2-6-12(16(10)17(9)23)20-14(22)8-26/h1-6,25-26H,7-8H2,(H,19,21)(H,20,22). The fourth-order valence-electron chi connectivity index (χ4n) is 2.83. The van der Waals surface area contributed by atoms with Gasteiger partial charge in [0.15, 0.2) is 11.6 Å². The summed E-state index contributed by atoms with van der Waals surface area (Å²) in [6.45, 7) is 0. The van der Waals surface area contributed by atoms with Crippen LogP contribution in [0.25, 0.3) is 0 Å². The maximum absolute atomic E-state index is 13.0. The van der Waals surface area contributed by atoms with E-state index < -0.39 is 11.6 Å². The van der Waals surface area contributed by atoms with Gasteiger partial charge in [-0.25, -0.2) is 0 Å². The first kappa shape index (κ1) is 18.2. The minimum absolute atomic E-state index is 0.0533. The lowest BCUT2D eigenvalue weighted by Crippen LogP contribution is -2.26. The molecule has 0 saturated heterocycles. The summed E-state index contributed by atoms with van der Waals surface area (Å²) in [7, 11) is 0. The first-order chi connectivity index (χ1) is 12.5. The Hall–Kier alpha value is -2.58. The number of rotatable bonds is 4. The van der Waals surface area contributed by atoms with E-state index in [1.807, 2.05) is 0 Å². The summed E-state index contributed by atoms with van der Waals surface area (Å²) < 4.78 is 0. The third-order valence-corrected chi connectivity index (χ3v) is 4.48. The summed E-state index contributed by atoms with van der Waals surface area (Å²) in [6.07, 6.45) is 0. The molecule has 8 heteroatoms. The molecule has 26 heavy (non-hydrogen) atoms. The third kappa shape index (κ3) is 3.13. The Morgan fingerprint density at radius 1 is 0.731 bits per heavy atom. The molecule has 0 heterocycles. The number of amides is 2. The smallest absolute Gasteiger partial charge is 0.234 e. The predicted molar refractivity (Wildman–Crippen MR) is 105 cm³/mol. The van der Waals surface area contributed by atoms with Gasteiger partial charge in [-0.2, -0.15) is 25.3 Å². The van der Waals surface area contributed by atoms with E-state index >= 15 is 0 Å². The molecule has 2 aromatic rings. The number of benzene rings is 2. The molecule has 0 atom stereocenters. The van der Waals surface area contributed by atoms with Gasteiger partial charge in [0.25, 0.3) is 0 Å². The van der Waals surface area contributed by atoms with E-state index in [2.05, 4.69) is 35.9 Å². The quantitative estimate of drug-likeness (QED) is 0.517. The molecule has 1 aliphatic carbocycles. The number of hydrogen-bond donors (Lipinski definition) is 4. The highest BCUT2D eigenvalue weighted by atomic mass is 32.1. The normalized spacial score (nSPS) is 12.2. The van der Waals surface area contributed by atoms with E-state index in [0.29, 0.717) is 0 Å². The molecule has 1 aliphatic rings. The molecule has 0 bridgehead atoms. The second kappa shape index (κ2) is 7.35. The van der Waals surface area contributed by atoms with Crippen LogP contribution in [0.1, 0.15) is 31.8 Å². The van der Waals surface area contributed by atoms with Crippen molar-refractivity contribution in [1.29, 1.82) is 0 Å². The van der Waals surface area contributed by atoms with Crippen molar-refractivity contribution in [2.75, 3.05) is 22.1 Å². The molecule has 0 saturated carbocycles. The number of hydrogen-bond acceptors (Lipinski definition) is 6. The number of thiol groups is 2. The highest BCUT2D eigenvalue weighted by molar-refractivity contribution is 7.81. The van der Waals surface area contributed by atoms with Gasteiger partial charge in [0.2, 0.25) is 11.8 Å². The van der Waals surface area contributed by atoms with E-state index in [9.17, 15) is 19.2 Å². The Balaban J connectivity index is 2.14. The van der Waals surface area contributed by atoms with Crippen LogP contribution < -0.4 is 10.6 Å². The molecule has 0 aromatic heterocycles. The van der Waals surface area contributed by atoms with Gasteiger partial charge in [0.05, 0.1) is 34.0 Å².